The predicted molar refractivity (Wildman–Crippen MR) is 327 cm³/mol. The average molecular weight is 1210 g/mol. The fraction of sp³-hybridized carbons (Fsp3) is 0.354. The summed E-state index contributed by atoms with van der Waals surface area (Å²) >= 11 is 0. The second-order valence-corrected chi connectivity index (χ2v) is 22.3. The average Bonchev–Trinajstić information content (AvgIpc) is 3.82. The first kappa shape index (κ1) is 67.4. The van der Waals surface area contributed by atoms with Gasteiger partial charge in [-0.15, -0.1) is 0 Å². The van der Waals surface area contributed by atoms with Crippen molar-refractivity contribution >= 4 is 70.1 Å². The van der Waals surface area contributed by atoms with Crippen molar-refractivity contribution in [2.75, 3.05) is 6.61 Å². The molecule has 0 unspecified atom stereocenters. The van der Waals surface area contributed by atoms with E-state index in [9.17, 15) is 63.3 Å². The number of benzene rings is 5. The Labute approximate surface area is 509 Å². The van der Waals surface area contributed by atoms with Crippen molar-refractivity contribution in [3.63, 3.8) is 0 Å². The molecule has 0 fully saturated rings. The molecule has 88 heavy (non-hydrogen) atoms. The largest absolute Gasteiger partial charge is 0.481 e. The van der Waals surface area contributed by atoms with Crippen LogP contribution in [0, 0.1) is 11.8 Å². The van der Waals surface area contributed by atoms with Gasteiger partial charge in [-0.25, -0.2) is 4.79 Å². The van der Waals surface area contributed by atoms with Gasteiger partial charge in [0.2, 0.25) is 47.3 Å². The second-order valence-electron chi connectivity index (χ2n) is 22.3. The number of carbonyl (C=O) groups excluding carboxylic acids is 8. The Morgan fingerprint density at radius 1 is 0.420 bits per heavy atom. The summed E-state index contributed by atoms with van der Waals surface area (Å²) in [6.07, 6.45) is 0.254. The van der Waals surface area contributed by atoms with E-state index in [1.54, 1.807) is 161 Å². The monoisotopic (exact) mass is 1210 g/mol. The Kier molecular flexibility index (Phi) is 25.5. The van der Waals surface area contributed by atoms with Gasteiger partial charge in [0.1, 0.15) is 48.3 Å². The Bertz CT molecular complexity index is 3330. The standard InChI is InChI=1S/C65H78N10O13/c1-38(2)29-48(68-57(79)46(66)30-40-19-9-5-10-20-40)58(80)73-53(35-55(77)78)62(84)69-50(32-42-23-13-7-14-24-42)60(82)74-54(37-76)64(86)71-49(31-41-21-11-6-12-22-41)59(81)72-52(34-44-36-67-47-28-18-17-27-45(44)47)61(83)70-51(33-43-25-15-8-16-26-43)63(85)75-56(39(3)4)65(87)88/h5-28,36,38-39,46,48-54,56,67,76H,29-35,37,66H2,1-4H3,(H,68,79)(H,69,84)(H,70,83)(H,71,86)(H,72,81)(H,73,80)(H,74,82)(H,75,85)(H,77,78)(H,87,88)/t46-,48-,49-,50-,51-,52-,53-,54-,56-/m0/s1. The van der Waals surface area contributed by atoms with Gasteiger partial charge < -0.3 is 68.6 Å². The molecule has 0 bridgehead atoms. The maximum absolute atomic E-state index is 14.9. The predicted octanol–water partition coefficient (Wildman–Crippen LogP) is 2.14. The number of fused-ring (bicyclic) bond motifs is 1. The topological polar surface area (TPSA) is 369 Å². The van der Waals surface area contributed by atoms with Crippen molar-refractivity contribution in [1.29, 1.82) is 0 Å². The first-order valence-corrected chi connectivity index (χ1v) is 29.0. The number of aromatic amines is 1. The van der Waals surface area contributed by atoms with Crippen LogP contribution < -0.4 is 48.3 Å². The van der Waals surface area contributed by atoms with Crippen LogP contribution in [0.2, 0.25) is 0 Å². The third kappa shape index (κ3) is 20.8. The van der Waals surface area contributed by atoms with Crippen LogP contribution in [0.5, 0.6) is 0 Å². The van der Waals surface area contributed by atoms with Gasteiger partial charge in [-0.1, -0.05) is 167 Å². The van der Waals surface area contributed by atoms with Gasteiger partial charge in [0.15, 0.2) is 0 Å². The van der Waals surface area contributed by atoms with Crippen LogP contribution in [0.4, 0.5) is 0 Å². The van der Waals surface area contributed by atoms with E-state index in [1.165, 1.54) is 0 Å². The number of hydrogen-bond acceptors (Lipinski definition) is 12. The lowest BCUT2D eigenvalue weighted by molar-refractivity contribution is -0.143. The molecule has 0 aliphatic heterocycles. The number of amides is 8. The number of aliphatic carboxylic acids is 2. The van der Waals surface area contributed by atoms with Crippen molar-refractivity contribution in [1.82, 2.24) is 47.5 Å². The normalized spacial score (nSPS) is 14.3. The number of H-pyrrole nitrogens is 1. The van der Waals surface area contributed by atoms with E-state index < -0.39 is 133 Å². The van der Waals surface area contributed by atoms with E-state index in [2.05, 4.69) is 47.5 Å². The number of rotatable bonds is 33. The highest BCUT2D eigenvalue weighted by Gasteiger charge is 2.37. The van der Waals surface area contributed by atoms with E-state index in [0.717, 1.165) is 11.1 Å². The first-order chi connectivity index (χ1) is 42.1. The number of nitrogens with one attached hydrogen (secondary N) is 9. The molecule has 8 amide bonds. The minimum Gasteiger partial charge on any atom is -0.481 e. The number of nitrogens with two attached hydrogens (primary N) is 1. The molecule has 0 saturated heterocycles. The molecule has 466 valence electrons. The van der Waals surface area contributed by atoms with Gasteiger partial charge >= 0.3 is 11.9 Å². The van der Waals surface area contributed by atoms with E-state index in [4.69, 9.17) is 5.73 Å². The molecule has 0 aliphatic carbocycles. The highest BCUT2D eigenvalue weighted by Crippen LogP contribution is 2.20. The fourth-order valence-corrected chi connectivity index (χ4v) is 9.83. The summed E-state index contributed by atoms with van der Waals surface area (Å²) in [7, 11) is 0. The van der Waals surface area contributed by atoms with Crippen LogP contribution in [0.3, 0.4) is 0 Å². The van der Waals surface area contributed by atoms with Crippen molar-refractivity contribution < 1.29 is 63.3 Å². The summed E-state index contributed by atoms with van der Waals surface area (Å²) in [5.41, 5.74) is 9.97. The van der Waals surface area contributed by atoms with E-state index in [0.29, 0.717) is 27.6 Å². The minimum absolute atomic E-state index is 0.0706. The molecule has 9 atom stereocenters. The number of carboxylic acid groups (broad SMARTS) is 2. The van der Waals surface area contributed by atoms with Crippen molar-refractivity contribution in [3.05, 3.63) is 180 Å². The van der Waals surface area contributed by atoms with Crippen molar-refractivity contribution in [2.24, 2.45) is 17.6 Å². The lowest BCUT2D eigenvalue weighted by Gasteiger charge is -2.28. The summed E-state index contributed by atoms with van der Waals surface area (Å²) in [5.74, 6) is -10.8. The lowest BCUT2D eigenvalue weighted by atomic mass is 9.99. The van der Waals surface area contributed by atoms with Crippen LogP contribution in [0.15, 0.2) is 152 Å². The smallest absolute Gasteiger partial charge is 0.326 e. The number of hydrogen-bond donors (Lipinski definition) is 13. The van der Waals surface area contributed by atoms with Crippen LogP contribution in [0.25, 0.3) is 10.9 Å². The van der Waals surface area contributed by atoms with E-state index >= 15 is 0 Å². The first-order valence-electron chi connectivity index (χ1n) is 29.0. The van der Waals surface area contributed by atoms with Crippen molar-refractivity contribution in [3.8, 4) is 0 Å². The highest BCUT2D eigenvalue weighted by atomic mass is 16.4. The third-order valence-corrected chi connectivity index (χ3v) is 14.5. The molecule has 0 radical (unpaired) electrons. The maximum atomic E-state index is 14.9. The Balaban J connectivity index is 1.24. The zero-order chi connectivity index (χ0) is 63.9. The maximum Gasteiger partial charge on any atom is 0.326 e. The molecule has 14 N–H and O–H groups in total. The zero-order valence-corrected chi connectivity index (χ0v) is 49.4. The molecular weight excluding hydrogens is 1130 g/mol. The lowest BCUT2D eigenvalue weighted by Crippen LogP contribution is -2.62. The number of para-hydroxylation sites is 1. The molecule has 1 heterocycles. The molecule has 0 aliphatic rings. The van der Waals surface area contributed by atoms with Gasteiger partial charge in [0.25, 0.3) is 0 Å². The van der Waals surface area contributed by atoms with Gasteiger partial charge in [-0.2, -0.15) is 0 Å². The molecule has 6 aromatic rings. The quantitative estimate of drug-likeness (QED) is 0.0281. The van der Waals surface area contributed by atoms with Gasteiger partial charge in [0.05, 0.1) is 19.1 Å². The molecule has 0 saturated carbocycles. The highest BCUT2D eigenvalue weighted by molar-refractivity contribution is 5.99. The summed E-state index contributed by atoms with van der Waals surface area (Å²) in [6.45, 7) is 5.77. The molecular formula is C65H78N10O13. The summed E-state index contributed by atoms with van der Waals surface area (Å²) in [6, 6.07) is 28.5. The summed E-state index contributed by atoms with van der Waals surface area (Å²) in [4.78, 5) is 142. The van der Waals surface area contributed by atoms with Gasteiger partial charge in [-0.3, -0.25) is 43.2 Å². The second kappa shape index (κ2) is 33.2. The molecule has 6 rings (SSSR count). The van der Waals surface area contributed by atoms with E-state index in [-0.39, 0.29) is 44.4 Å². The molecule has 23 heteroatoms. The number of carbonyl (C=O) groups is 10. The minimum atomic E-state index is -1.81. The van der Waals surface area contributed by atoms with Crippen LogP contribution >= 0.6 is 0 Å². The zero-order valence-electron chi connectivity index (χ0n) is 49.4. The number of carboxylic acids is 2. The van der Waals surface area contributed by atoms with Gasteiger partial charge in [0, 0.05) is 42.8 Å². The van der Waals surface area contributed by atoms with Crippen LogP contribution in [0.1, 0.15) is 68.4 Å². The molecule has 5 aromatic carbocycles. The van der Waals surface area contributed by atoms with Crippen molar-refractivity contribution in [2.45, 2.75) is 127 Å². The molecule has 23 nitrogen and oxygen atoms in total. The van der Waals surface area contributed by atoms with E-state index in [1.807, 2.05) is 18.2 Å². The number of aliphatic hydroxyl groups excluding tert-OH is 1. The Hall–Kier alpha value is -9.74. The molecule has 0 spiro atoms. The molecule has 1 aromatic heterocycles. The third-order valence-electron chi connectivity index (χ3n) is 14.5. The number of aliphatic hydroxyl groups is 1. The Morgan fingerprint density at radius 2 is 0.773 bits per heavy atom. The van der Waals surface area contributed by atoms with Crippen LogP contribution in [-0.2, 0) is 80.0 Å². The fourth-order valence-electron chi connectivity index (χ4n) is 9.83. The SMILES string of the molecule is CC(C)C[C@H](NC(=O)[C@@H](N)Cc1ccccc1)C(=O)N[C@@H](CC(=O)O)C(=O)N[C@@H](Cc1ccccc1)C(=O)N[C@@H](CO)C(=O)N[C@@H](Cc1ccccc1)C(=O)N[C@@H](Cc1c[nH]c2ccccc12)C(=O)N[C@@H](Cc1ccccc1)C(=O)N[C@H](C(=O)O)C(C)C. The van der Waals surface area contributed by atoms with Crippen LogP contribution in [-0.4, -0.2) is 140 Å². The van der Waals surface area contributed by atoms with Gasteiger partial charge in [-0.05, 0) is 58.6 Å². The number of aromatic nitrogens is 1. The summed E-state index contributed by atoms with van der Waals surface area (Å²) in [5, 5.41) is 52.1. The summed E-state index contributed by atoms with van der Waals surface area (Å²) < 4.78 is 0. The Morgan fingerprint density at radius 3 is 1.19 bits per heavy atom.